The van der Waals surface area contributed by atoms with Crippen LogP contribution in [0.1, 0.15) is 0 Å². The lowest BCUT2D eigenvalue weighted by atomic mass is 9.95. The van der Waals surface area contributed by atoms with E-state index < -0.39 is 0 Å². The Balaban J connectivity index is 1.13. The maximum atomic E-state index is 2.48. The summed E-state index contributed by atoms with van der Waals surface area (Å²) in [5.41, 5.74) is 16.4. The molecule has 0 atom stereocenters. The molecule has 0 saturated carbocycles. The number of nitrogens with zero attached hydrogens (tertiary/aromatic N) is 2. The molecule has 0 spiro atoms. The smallest absolute Gasteiger partial charge is 0.0640 e. The summed E-state index contributed by atoms with van der Waals surface area (Å²) in [6.45, 7) is 0. The summed E-state index contributed by atoms with van der Waals surface area (Å²) < 4.78 is 5.01. The van der Waals surface area contributed by atoms with Crippen LogP contribution >= 0.6 is 11.3 Å². The molecule has 2 heterocycles. The van der Waals surface area contributed by atoms with Crippen LogP contribution in [0.5, 0.6) is 0 Å². The largest absolute Gasteiger partial charge is 0.309 e. The molecule has 0 amide bonds. The lowest BCUT2D eigenvalue weighted by molar-refractivity contribution is 1.18. The third-order valence-corrected chi connectivity index (χ3v) is 13.6. The second-order valence-corrected chi connectivity index (χ2v) is 17.2. The zero-order valence-electron chi connectivity index (χ0n) is 34.4. The molecule has 0 aliphatic rings. The minimum Gasteiger partial charge on any atom is -0.309 e. The van der Waals surface area contributed by atoms with E-state index in [4.69, 9.17) is 0 Å². The van der Waals surface area contributed by atoms with Crippen molar-refractivity contribution < 1.29 is 0 Å². The van der Waals surface area contributed by atoms with E-state index in [-0.39, 0.29) is 0 Å². The molecule has 12 aromatic rings. The van der Waals surface area contributed by atoms with E-state index in [1.807, 2.05) is 11.3 Å². The third-order valence-electron chi connectivity index (χ3n) is 12.3. The predicted molar refractivity (Wildman–Crippen MR) is 270 cm³/mol. The lowest BCUT2D eigenvalue weighted by Crippen LogP contribution is -2.10. The number of thiophene rings is 1. The van der Waals surface area contributed by atoms with Gasteiger partial charge in [0.25, 0.3) is 0 Å². The molecule has 0 radical (unpaired) electrons. The van der Waals surface area contributed by atoms with Crippen molar-refractivity contribution in [1.82, 2.24) is 4.57 Å². The monoisotopic (exact) mass is 820 g/mol. The van der Waals surface area contributed by atoms with Gasteiger partial charge in [0.05, 0.1) is 21.4 Å². The van der Waals surface area contributed by atoms with Crippen molar-refractivity contribution >= 4 is 70.4 Å². The van der Waals surface area contributed by atoms with Crippen LogP contribution in [0.25, 0.3) is 92.2 Å². The summed E-state index contributed by atoms with van der Waals surface area (Å²) in [4.78, 5) is 2.48. The molecule has 0 saturated heterocycles. The molecule has 0 fully saturated rings. The van der Waals surface area contributed by atoms with Gasteiger partial charge in [0.1, 0.15) is 0 Å². The molecule has 63 heavy (non-hydrogen) atoms. The summed E-state index contributed by atoms with van der Waals surface area (Å²) in [5, 5.41) is 4.96. The fraction of sp³-hybridized carbons (Fsp3) is 0. The fourth-order valence-corrected chi connectivity index (χ4v) is 10.6. The molecule has 296 valence electrons. The maximum Gasteiger partial charge on any atom is 0.0640 e. The Morgan fingerprint density at radius 1 is 0.333 bits per heavy atom. The molecule has 0 aliphatic heterocycles. The molecule has 2 nitrogen and oxygen atoms in total. The van der Waals surface area contributed by atoms with E-state index in [1.54, 1.807) is 0 Å². The van der Waals surface area contributed by atoms with Crippen LogP contribution in [-0.4, -0.2) is 4.57 Å². The number of benzene rings is 10. The van der Waals surface area contributed by atoms with Crippen LogP contribution in [0.4, 0.5) is 17.1 Å². The predicted octanol–water partition coefficient (Wildman–Crippen LogP) is 17.3. The highest BCUT2D eigenvalue weighted by atomic mass is 32.1. The Labute approximate surface area is 370 Å². The Morgan fingerprint density at radius 2 is 0.889 bits per heavy atom. The number of anilines is 3. The van der Waals surface area contributed by atoms with Gasteiger partial charge in [-0.05, 0) is 112 Å². The number of aromatic nitrogens is 1. The van der Waals surface area contributed by atoms with E-state index in [1.165, 1.54) is 81.0 Å². The molecule has 0 N–H and O–H groups in total. The molecule has 10 aromatic carbocycles. The molecule has 12 rings (SSSR count). The van der Waals surface area contributed by atoms with Crippen molar-refractivity contribution in [3.8, 4) is 50.2 Å². The summed E-state index contributed by atoms with van der Waals surface area (Å²) >= 11 is 1.87. The standard InChI is InChI=1S/C60H40N2S/c1-5-18-41(19-6-1)44-24-15-25-45(36-44)46-26-16-29-49(37-46)61(57-32-17-31-52-51-30-13-14-33-58(51)63-60(52)57)50-34-35-56-54(40-50)55-39-47(42-20-7-2-8-21-42)38-53(43-22-9-3-10-23-43)59(55)62(56)48-27-11-4-12-28-48/h1-40H. The summed E-state index contributed by atoms with van der Waals surface area (Å²) in [6.07, 6.45) is 0. The average molecular weight is 821 g/mol. The second-order valence-electron chi connectivity index (χ2n) is 16.1. The fourth-order valence-electron chi connectivity index (χ4n) is 9.42. The minimum atomic E-state index is 1.10. The first-order valence-corrected chi connectivity index (χ1v) is 22.3. The van der Waals surface area contributed by atoms with E-state index in [9.17, 15) is 0 Å². The molecule has 0 aliphatic carbocycles. The zero-order valence-corrected chi connectivity index (χ0v) is 35.2. The highest BCUT2D eigenvalue weighted by Crippen LogP contribution is 2.48. The molecular formula is C60H40N2S. The topological polar surface area (TPSA) is 8.17 Å². The van der Waals surface area contributed by atoms with E-state index >= 15 is 0 Å². The maximum absolute atomic E-state index is 2.48. The first kappa shape index (κ1) is 36.8. The highest BCUT2D eigenvalue weighted by molar-refractivity contribution is 7.26. The van der Waals surface area contributed by atoms with Gasteiger partial charge in [-0.2, -0.15) is 0 Å². The van der Waals surface area contributed by atoms with Crippen molar-refractivity contribution in [2.75, 3.05) is 4.90 Å². The van der Waals surface area contributed by atoms with E-state index in [0.29, 0.717) is 0 Å². The first-order valence-electron chi connectivity index (χ1n) is 21.5. The Kier molecular flexibility index (Phi) is 9.06. The molecule has 2 aromatic heterocycles. The zero-order chi connectivity index (χ0) is 41.7. The van der Waals surface area contributed by atoms with Gasteiger partial charge in [0.15, 0.2) is 0 Å². The van der Waals surface area contributed by atoms with Gasteiger partial charge >= 0.3 is 0 Å². The first-order chi connectivity index (χ1) is 31.2. The van der Waals surface area contributed by atoms with E-state index in [2.05, 4.69) is 252 Å². The van der Waals surface area contributed by atoms with Crippen LogP contribution in [0.3, 0.4) is 0 Å². The van der Waals surface area contributed by atoms with Crippen LogP contribution < -0.4 is 4.90 Å². The van der Waals surface area contributed by atoms with Crippen molar-refractivity contribution in [3.63, 3.8) is 0 Å². The summed E-state index contributed by atoms with van der Waals surface area (Å²) in [5.74, 6) is 0. The molecule has 0 unspecified atom stereocenters. The number of hydrogen-bond donors (Lipinski definition) is 0. The highest BCUT2D eigenvalue weighted by Gasteiger charge is 2.23. The van der Waals surface area contributed by atoms with Crippen LogP contribution in [0.2, 0.25) is 0 Å². The van der Waals surface area contributed by atoms with Crippen molar-refractivity contribution in [3.05, 3.63) is 243 Å². The summed E-state index contributed by atoms with van der Waals surface area (Å²) in [6, 6.07) is 88.5. The van der Waals surface area contributed by atoms with Crippen LogP contribution in [0, 0.1) is 0 Å². The van der Waals surface area contributed by atoms with Crippen molar-refractivity contribution in [2.45, 2.75) is 0 Å². The number of hydrogen-bond acceptors (Lipinski definition) is 2. The van der Waals surface area contributed by atoms with Gasteiger partial charge in [-0.3, -0.25) is 0 Å². The SMILES string of the molecule is c1ccc(-c2cccc(-c3cccc(N(c4ccc5c(c4)c4cc(-c6ccccc6)cc(-c6ccccc6)c4n5-c4ccccc4)c4cccc5c4sc4ccccc45)c3)c2)cc1. The van der Waals surface area contributed by atoms with Crippen molar-refractivity contribution in [1.29, 1.82) is 0 Å². The molecule has 0 bridgehead atoms. The molecule has 3 heteroatoms. The van der Waals surface area contributed by atoms with Gasteiger partial charge < -0.3 is 9.47 Å². The Hall–Kier alpha value is -7.98. The lowest BCUT2D eigenvalue weighted by Gasteiger charge is -2.27. The van der Waals surface area contributed by atoms with Crippen molar-refractivity contribution in [2.24, 2.45) is 0 Å². The van der Waals surface area contributed by atoms with Gasteiger partial charge in [-0.1, -0.05) is 170 Å². The third kappa shape index (κ3) is 6.50. The average Bonchev–Trinajstić information content (AvgIpc) is 3.91. The van der Waals surface area contributed by atoms with Gasteiger partial charge in [-0.25, -0.2) is 0 Å². The van der Waals surface area contributed by atoms with E-state index in [0.717, 1.165) is 28.3 Å². The normalized spacial score (nSPS) is 11.5. The van der Waals surface area contributed by atoms with Crippen LogP contribution in [0.15, 0.2) is 243 Å². The minimum absolute atomic E-state index is 1.10. The van der Waals surface area contributed by atoms with Crippen LogP contribution in [-0.2, 0) is 0 Å². The van der Waals surface area contributed by atoms with Gasteiger partial charge in [-0.15, -0.1) is 11.3 Å². The molecular weight excluding hydrogens is 781 g/mol. The number of fused-ring (bicyclic) bond motifs is 6. The summed E-state index contributed by atoms with van der Waals surface area (Å²) in [7, 11) is 0. The Morgan fingerprint density at radius 3 is 1.63 bits per heavy atom. The van der Waals surface area contributed by atoms with Gasteiger partial charge in [0, 0.05) is 48.9 Å². The number of para-hydroxylation sites is 1. The Bertz CT molecular complexity index is 3610. The number of rotatable bonds is 8. The quantitative estimate of drug-likeness (QED) is 0.148. The second kappa shape index (κ2) is 15.5. The van der Waals surface area contributed by atoms with Gasteiger partial charge in [0.2, 0.25) is 0 Å².